The lowest BCUT2D eigenvalue weighted by Crippen LogP contribution is -2.30. The number of carbonyl (C=O) groups excluding carboxylic acids is 1. The lowest BCUT2D eigenvalue weighted by Gasteiger charge is -2.33. The maximum Gasteiger partial charge on any atom is 0.289 e. The van der Waals surface area contributed by atoms with Gasteiger partial charge in [0.2, 0.25) is 0 Å². The fraction of sp³-hybridized carbons (Fsp3) is 0.379. The molecule has 0 spiro atoms. The number of aryl methyl sites for hydroxylation is 1. The van der Waals surface area contributed by atoms with Crippen LogP contribution in [0.15, 0.2) is 73.1 Å². The minimum absolute atomic E-state index is 0.0602. The third kappa shape index (κ3) is 6.59. The molecule has 0 aliphatic carbocycles. The molecule has 5 nitrogen and oxygen atoms in total. The first-order valence-corrected chi connectivity index (χ1v) is 12.1. The Morgan fingerprint density at radius 3 is 1.97 bits per heavy atom. The van der Waals surface area contributed by atoms with Gasteiger partial charge >= 0.3 is 0 Å². The minimum atomic E-state index is -0.463. The Kier molecular flexibility index (Phi) is 11.1. The van der Waals surface area contributed by atoms with Gasteiger partial charge in [-0.15, -0.1) is 6.42 Å². The number of rotatable bonds is 6. The van der Waals surface area contributed by atoms with Crippen LogP contribution in [-0.2, 0) is 17.4 Å². The molecular formula is C29H37N3O2. The topological polar surface area (TPSA) is 47.4 Å². The predicted molar refractivity (Wildman–Crippen MR) is 138 cm³/mol. The van der Waals surface area contributed by atoms with Crippen molar-refractivity contribution in [2.24, 2.45) is 7.05 Å². The van der Waals surface area contributed by atoms with Crippen LogP contribution in [-0.4, -0.2) is 40.1 Å². The van der Waals surface area contributed by atoms with Crippen LogP contribution < -0.4 is 0 Å². The van der Waals surface area contributed by atoms with Crippen molar-refractivity contribution in [1.29, 1.82) is 0 Å². The highest BCUT2D eigenvalue weighted by Crippen LogP contribution is 2.36. The van der Waals surface area contributed by atoms with Gasteiger partial charge in [-0.2, -0.15) is 0 Å². The lowest BCUT2D eigenvalue weighted by molar-refractivity contribution is -0.00191. The highest BCUT2D eigenvalue weighted by Gasteiger charge is 2.33. The van der Waals surface area contributed by atoms with Gasteiger partial charge in [-0.3, -0.25) is 4.79 Å². The maximum atomic E-state index is 11.8. The summed E-state index contributed by atoms with van der Waals surface area (Å²) in [6.07, 6.45) is 11.9. The van der Waals surface area contributed by atoms with Crippen molar-refractivity contribution in [1.82, 2.24) is 14.5 Å². The van der Waals surface area contributed by atoms with Gasteiger partial charge in [0.05, 0.1) is 0 Å². The van der Waals surface area contributed by atoms with Crippen molar-refractivity contribution in [2.75, 3.05) is 19.7 Å². The van der Waals surface area contributed by atoms with Crippen LogP contribution in [0.4, 0.5) is 0 Å². The molecule has 0 N–H and O–H groups in total. The first-order chi connectivity index (χ1) is 16.6. The van der Waals surface area contributed by atoms with Gasteiger partial charge in [-0.25, -0.2) is 4.98 Å². The highest BCUT2D eigenvalue weighted by molar-refractivity contribution is 5.90. The largest absolute Gasteiger partial charge is 0.353 e. The van der Waals surface area contributed by atoms with Gasteiger partial charge in [0.1, 0.15) is 12.2 Å². The molecular weight excluding hydrogens is 422 g/mol. The SMILES string of the molecule is C#CCOC(CC)(c1ccccc1)c1ccccc1.CC.Cn1ccnc1C(=O)N1CCCC1. The standard InChI is InChI=1S/C18H18O.C9H13N3O.C2H6/c1-3-15-19-18(4-2,16-11-7-5-8-12-16)17-13-9-6-10-14-17;1-11-7-4-10-8(11)9(13)12-5-2-3-6-12;1-2/h1,5-14H,4,15H2,2H3;4,7H,2-3,5-6H2,1H3;1-2H3. The van der Waals surface area contributed by atoms with Crippen LogP contribution in [0.2, 0.25) is 0 Å². The van der Waals surface area contributed by atoms with E-state index >= 15 is 0 Å². The zero-order valence-corrected chi connectivity index (χ0v) is 20.9. The van der Waals surface area contributed by atoms with Gasteiger partial charge in [0.15, 0.2) is 5.82 Å². The molecule has 0 unspecified atom stereocenters. The van der Waals surface area contributed by atoms with Crippen molar-refractivity contribution in [3.63, 3.8) is 0 Å². The van der Waals surface area contributed by atoms with E-state index in [2.05, 4.69) is 42.1 Å². The number of amides is 1. The summed E-state index contributed by atoms with van der Waals surface area (Å²) < 4.78 is 7.83. The van der Waals surface area contributed by atoms with Crippen molar-refractivity contribution in [2.45, 2.75) is 45.6 Å². The summed E-state index contributed by atoms with van der Waals surface area (Å²) in [6.45, 7) is 8.19. The van der Waals surface area contributed by atoms with E-state index in [1.54, 1.807) is 17.0 Å². The number of ether oxygens (including phenoxy) is 1. The molecule has 1 amide bonds. The number of carbonyl (C=O) groups is 1. The van der Waals surface area contributed by atoms with Gasteiger partial charge in [0.25, 0.3) is 5.91 Å². The van der Waals surface area contributed by atoms with Crippen LogP contribution >= 0.6 is 0 Å². The summed E-state index contributed by atoms with van der Waals surface area (Å²) in [5, 5.41) is 0. The summed E-state index contributed by atoms with van der Waals surface area (Å²) >= 11 is 0. The first kappa shape index (κ1) is 26.9. The van der Waals surface area contributed by atoms with Crippen molar-refractivity contribution in [3.05, 3.63) is 90.0 Å². The zero-order chi connectivity index (χ0) is 24.8. The van der Waals surface area contributed by atoms with Gasteiger partial charge in [-0.1, -0.05) is 87.4 Å². The van der Waals surface area contributed by atoms with E-state index in [1.165, 1.54) is 0 Å². The quantitative estimate of drug-likeness (QED) is 0.446. The summed E-state index contributed by atoms with van der Waals surface area (Å²) in [5.74, 6) is 3.18. The van der Waals surface area contributed by atoms with E-state index in [-0.39, 0.29) is 5.91 Å². The van der Waals surface area contributed by atoms with Crippen LogP contribution in [0.3, 0.4) is 0 Å². The Balaban J connectivity index is 0.000000237. The number of imidazole rings is 1. The number of hydrogen-bond donors (Lipinski definition) is 0. The molecule has 1 aliphatic rings. The molecule has 180 valence electrons. The first-order valence-electron chi connectivity index (χ1n) is 12.1. The van der Waals surface area contributed by atoms with E-state index < -0.39 is 5.60 Å². The maximum absolute atomic E-state index is 11.8. The molecule has 1 aliphatic heterocycles. The summed E-state index contributed by atoms with van der Waals surface area (Å²) in [6, 6.07) is 20.5. The third-order valence-corrected chi connectivity index (χ3v) is 5.79. The molecule has 0 radical (unpaired) electrons. The number of likely N-dealkylation sites (tertiary alicyclic amines) is 1. The van der Waals surface area contributed by atoms with Gasteiger partial charge < -0.3 is 14.2 Å². The molecule has 2 aromatic carbocycles. The molecule has 1 aromatic heterocycles. The molecule has 2 heterocycles. The van der Waals surface area contributed by atoms with Crippen LogP contribution in [0.25, 0.3) is 0 Å². The third-order valence-electron chi connectivity index (χ3n) is 5.79. The summed E-state index contributed by atoms with van der Waals surface area (Å²) in [4.78, 5) is 17.7. The molecule has 34 heavy (non-hydrogen) atoms. The zero-order valence-electron chi connectivity index (χ0n) is 20.9. The van der Waals surface area contributed by atoms with Crippen LogP contribution in [0.5, 0.6) is 0 Å². The highest BCUT2D eigenvalue weighted by atomic mass is 16.5. The molecule has 1 saturated heterocycles. The van der Waals surface area contributed by atoms with E-state index in [0.717, 1.165) is 43.5 Å². The van der Waals surface area contributed by atoms with E-state index in [0.29, 0.717) is 12.4 Å². The van der Waals surface area contributed by atoms with Crippen molar-refractivity contribution >= 4 is 5.91 Å². The number of aromatic nitrogens is 2. The van der Waals surface area contributed by atoms with E-state index in [4.69, 9.17) is 11.2 Å². The Morgan fingerprint density at radius 2 is 1.56 bits per heavy atom. The fourth-order valence-corrected chi connectivity index (χ4v) is 4.06. The second kappa shape index (κ2) is 14.0. The molecule has 5 heteroatoms. The number of hydrogen-bond acceptors (Lipinski definition) is 3. The second-order valence-corrected chi connectivity index (χ2v) is 7.77. The Labute approximate surface area is 204 Å². The molecule has 0 bridgehead atoms. The molecule has 0 saturated carbocycles. The summed E-state index contributed by atoms with van der Waals surface area (Å²) in [7, 11) is 1.84. The van der Waals surface area contributed by atoms with Gasteiger partial charge in [-0.05, 0) is 30.4 Å². The fourth-order valence-electron chi connectivity index (χ4n) is 4.06. The van der Waals surface area contributed by atoms with E-state index in [9.17, 15) is 4.79 Å². The minimum Gasteiger partial charge on any atom is -0.353 e. The smallest absolute Gasteiger partial charge is 0.289 e. The van der Waals surface area contributed by atoms with Crippen molar-refractivity contribution in [3.8, 4) is 12.3 Å². The number of benzene rings is 2. The Bertz CT molecular complexity index is 977. The molecule has 3 aromatic rings. The van der Waals surface area contributed by atoms with Crippen molar-refractivity contribution < 1.29 is 9.53 Å². The molecule has 4 rings (SSSR count). The average molecular weight is 460 g/mol. The lowest BCUT2D eigenvalue weighted by atomic mass is 9.84. The Morgan fingerprint density at radius 1 is 1.03 bits per heavy atom. The molecule has 1 fully saturated rings. The van der Waals surface area contributed by atoms with Gasteiger partial charge in [0, 0.05) is 32.5 Å². The number of terminal acetylenes is 1. The monoisotopic (exact) mass is 459 g/mol. The predicted octanol–water partition coefficient (Wildman–Crippen LogP) is 5.67. The average Bonchev–Trinajstić information content (AvgIpc) is 3.60. The normalized spacial score (nSPS) is 12.6. The second-order valence-electron chi connectivity index (χ2n) is 7.77. The number of nitrogens with zero attached hydrogens (tertiary/aromatic N) is 3. The van der Waals surface area contributed by atoms with Crippen LogP contribution in [0, 0.1) is 12.3 Å². The van der Waals surface area contributed by atoms with Crippen LogP contribution in [0.1, 0.15) is 61.8 Å². The van der Waals surface area contributed by atoms with E-state index in [1.807, 2.05) is 62.2 Å². The Hall–Kier alpha value is -3.36. The molecule has 0 atom stereocenters. The summed E-state index contributed by atoms with van der Waals surface area (Å²) in [5.41, 5.74) is 1.81.